The summed E-state index contributed by atoms with van der Waals surface area (Å²) in [5.74, 6) is 0.481. The van der Waals surface area contributed by atoms with Gasteiger partial charge in [-0.1, -0.05) is 50.1 Å². The van der Waals surface area contributed by atoms with Gasteiger partial charge in [-0.05, 0) is 27.2 Å². The molecule has 144 valence electrons. The average molecular weight is 337 g/mol. The molecule has 4 nitrogen and oxygen atoms in total. The number of allylic oxidation sites excluding steroid dienone is 1. The Bertz CT molecular complexity index is 306. The smallest absolute Gasteiger partial charge is 0.311 e. The van der Waals surface area contributed by atoms with E-state index < -0.39 is 5.41 Å². The van der Waals surface area contributed by atoms with Crippen LogP contribution in [0.1, 0.15) is 70.7 Å². The molecule has 0 aromatic carbocycles. The Kier molecular flexibility index (Phi) is 21.2. The Morgan fingerprint density at radius 1 is 0.913 bits per heavy atom. The lowest BCUT2D eigenvalue weighted by molar-refractivity contribution is -0.157. The van der Waals surface area contributed by atoms with Gasteiger partial charge in [0.05, 0.1) is 24.4 Å². The third kappa shape index (κ3) is 12.1. The molecule has 0 N–H and O–H groups in total. The van der Waals surface area contributed by atoms with Gasteiger partial charge < -0.3 is 14.2 Å². The molecule has 4 heteroatoms. The van der Waals surface area contributed by atoms with Crippen LogP contribution in [0.3, 0.4) is 0 Å². The summed E-state index contributed by atoms with van der Waals surface area (Å²) in [7, 11) is 1.58. The summed E-state index contributed by atoms with van der Waals surface area (Å²) in [4.78, 5) is 12.0. The zero-order chi connectivity index (χ0) is 15.1. The minimum Gasteiger partial charge on any atom is -0.498 e. The number of ether oxygens (including phenoxy) is 3. The minimum atomic E-state index is -0.586. The topological polar surface area (TPSA) is 44.8 Å². The molecule has 0 amide bonds. The van der Waals surface area contributed by atoms with Crippen LogP contribution in [-0.2, 0) is 19.0 Å². The molecule has 0 unspecified atom stereocenters. The zero-order valence-electron chi connectivity index (χ0n) is 13.2. The van der Waals surface area contributed by atoms with Crippen molar-refractivity contribution in [3.63, 3.8) is 0 Å². The van der Waals surface area contributed by atoms with E-state index in [9.17, 15) is 4.79 Å². The van der Waals surface area contributed by atoms with Crippen LogP contribution < -0.4 is 0 Å². The Morgan fingerprint density at radius 3 is 1.78 bits per heavy atom. The van der Waals surface area contributed by atoms with Crippen LogP contribution in [0.15, 0.2) is 12.3 Å². The molecule has 0 rings (SSSR count). The van der Waals surface area contributed by atoms with Crippen LogP contribution >= 0.6 is 0 Å². The predicted octanol–water partition coefficient (Wildman–Crippen LogP) is 5.71. The Hall–Kier alpha value is -1.03. The minimum absolute atomic E-state index is 0. The van der Waals surface area contributed by atoms with Crippen molar-refractivity contribution in [1.82, 2.24) is 0 Å². The molecule has 0 aliphatic heterocycles. The fourth-order valence-electron chi connectivity index (χ4n) is 2.06. The van der Waals surface area contributed by atoms with Crippen molar-refractivity contribution in [1.29, 1.82) is 0 Å². The molecule has 0 heterocycles. The Balaban J connectivity index is -0.000000270. The first kappa shape index (κ1) is 33.5. The van der Waals surface area contributed by atoms with Crippen molar-refractivity contribution in [2.45, 2.75) is 70.7 Å². The van der Waals surface area contributed by atoms with Crippen molar-refractivity contribution in [2.75, 3.05) is 26.9 Å². The molecule has 0 radical (unpaired) electrons. The Labute approximate surface area is 146 Å². The number of hydrogen-bond donors (Lipinski definition) is 0. The fourth-order valence-corrected chi connectivity index (χ4v) is 2.06. The first-order valence-electron chi connectivity index (χ1n) is 6.65. The lowest BCUT2D eigenvalue weighted by Gasteiger charge is -2.34. The summed E-state index contributed by atoms with van der Waals surface area (Å²) >= 11 is 0. The summed E-state index contributed by atoms with van der Waals surface area (Å²) in [6, 6.07) is 0. The van der Waals surface area contributed by atoms with Gasteiger partial charge in [0, 0.05) is 12.5 Å². The summed E-state index contributed by atoms with van der Waals surface area (Å²) in [5.41, 5.74) is -0.864. The third-order valence-electron chi connectivity index (χ3n) is 3.03. The van der Waals surface area contributed by atoms with E-state index in [0.717, 1.165) is 0 Å². The number of carbonyl (C=O) groups excluding carboxylic acids is 1. The van der Waals surface area contributed by atoms with Gasteiger partial charge in [-0.25, -0.2) is 0 Å². The van der Waals surface area contributed by atoms with E-state index in [4.69, 9.17) is 14.2 Å². The second-order valence-corrected chi connectivity index (χ2v) is 5.93. The van der Waals surface area contributed by atoms with Crippen LogP contribution in [0.25, 0.3) is 0 Å². The molecule has 0 aromatic heterocycles. The molecular weight excluding hydrogens is 292 g/mol. The highest BCUT2D eigenvalue weighted by Gasteiger charge is 2.38. The molecule has 23 heavy (non-hydrogen) atoms. The van der Waals surface area contributed by atoms with Gasteiger partial charge in [0.2, 0.25) is 0 Å². The van der Waals surface area contributed by atoms with Crippen LogP contribution in [0, 0.1) is 10.8 Å². The normalized spacial score (nSPS) is 10.0. The van der Waals surface area contributed by atoms with Crippen molar-refractivity contribution in [2.24, 2.45) is 10.8 Å². The standard InChI is InChI=1S/C15H28O4.4CH4/c1-8-18-12(2)14(3,4)11-15(5,6)13(16)19-10-9-17-7;;;;/h2,8-11H2,1,3-7H3;4*1H4. The summed E-state index contributed by atoms with van der Waals surface area (Å²) in [6.07, 6.45) is 0.616. The van der Waals surface area contributed by atoms with Crippen LogP contribution in [0.4, 0.5) is 0 Å². The van der Waals surface area contributed by atoms with Crippen molar-refractivity contribution in [3.05, 3.63) is 12.3 Å². The second-order valence-electron chi connectivity index (χ2n) is 5.93. The maximum absolute atomic E-state index is 12.0. The molecule has 0 saturated carbocycles. The van der Waals surface area contributed by atoms with Gasteiger partial charge in [0.1, 0.15) is 6.61 Å². The summed E-state index contributed by atoms with van der Waals surface area (Å²) in [6.45, 7) is 14.9. The number of hydrogen-bond acceptors (Lipinski definition) is 4. The lowest BCUT2D eigenvalue weighted by atomic mass is 9.74. The van der Waals surface area contributed by atoms with Gasteiger partial charge in [-0.2, -0.15) is 0 Å². The van der Waals surface area contributed by atoms with E-state index in [1.165, 1.54) is 0 Å². The predicted molar refractivity (Wildman–Crippen MR) is 103 cm³/mol. The maximum atomic E-state index is 12.0. The number of esters is 1. The second kappa shape index (κ2) is 14.6. The van der Waals surface area contributed by atoms with Crippen molar-refractivity contribution >= 4 is 5.97 Å². The number of rotatable bonds is 9. The molecule has 0 aliphatic rings. The maximum Gasteiger partial charge on any atom is 0.311 e. The highest BCUT2D eigenvalue weighted by Crippen LogP contribution is 2.39. The monoisotopic (exact) mass is 336 g/mol. The van der Waals surface area contributed by atoms with Crippen LogP contribution in [0.2, 0.25) is 0 Å². The van der Waals surface area contributed by atoms with Gasteiger partial charge in [-0.3, -0.25) is 4.79 Å². The van der Waals surface area contributed by atoms with Crippen LogP contribution in [0.5, 0.6) is 0 Å². The first-order chi connectivity index (χ1) is 8.67. The summed E-state index contributed by atoms with van der Waals surface area (Å²) in [5, 5.41) is 0. The molecule has 0 fully saturated rings. The summed E-state index contributed by atoms with van der Waals surface area (Å²) < 4.78 is 15.5. The fraction of sp³-hybridized carbons (Fsp3) is 0.842. The molecule has 0 atom stereocenters. The molecule has 0 aromatic rings. The largest absolute Gasteiger partial charge is 0.498 e. The average Bonchev–Trinajstić information content (AvgIpc) is 2.28. The van der Waals surface area contributed by atoms with E-state index in [1.807, 2.05) is 34.6 Å². The number of carbonyl (C=O) groups is 1. The van der Waals surface area contributed by atoms with E-state index in [-0.39, 0.29) is 47.7 Å². The third-order valence-corrected chi connectivity index (χ3v) is 3.03. The van der Waals surface area contributed by atoms with Gasteiger partial charge in [0.15, 0.2) is 0 Å². The van der Waals surface area contributed by atoms with Gasteiger partial charge in [-0.15, -0.1) is 0 Å². The van der Waals surface area contributed by atoms with E-state index in [1.54, 1.807) is 7.11 Å². The number of methoxy groups -OCH3 is 1. The highest BCUT2D eigenvalue weighted by atomic mass is 16.6. The van der Waals surface area contributed by atoms with Gasteiger partial charge >= 0.3 is 5.97 Å². The molecular formula is C19H44O4. The van der Waals surface area contributed by atoms with E-state index >= 15 is 0 Å². The highest BCUT2D eigenvalue weighted by molar-refractivity contribution is 5.76. The molecule has 0 spiro atoms. The lowest BCUT2D eigenvalue weighted by Crippen LogP contribution is -2.34. The zero-order valence-corrected chi connectivity index (χ0v) is 13.2. The van der Waals surface area contributed by atoms with E-state index in [0.29, 0.717) is 25.4 Å². The Morgan fingerprint density at radius 2 is 1.39 bits per heavy atom. The van der Waals surface area contributed by atoms with Crippen molar-refractivity contribution in [3.8, 4) is 0 Å². The van der Waals surface area contributed by atoms with Gasteiger partial charge in [0.25, 0.3) is 0 Å². The SMILES string of the molecule is C.C.C.C.C=C(OCC)C(C)(C)CC(C)(C)C(=O)OCCOC. The molecule has 0 saturated heterocycles. The molecule has 0 aliphatic carbocycles. The quantitative estimate of drug-likeness (QED) is 0.307. The van der Waals surface area contributed by atoms with E-state index in [2.05, 4.69) is 6.58 Å². The van der Waals surface area contributed by atoms with Crippen molar-refractivity contribution < 1.29 is 19.0 Å². The van der Waals surface area contributed by atoms with Crippen LogP contribution in [-0.4, -0.2) is 32.9 Å². The molecule has 0 bridgehead atoms. The first-order valence-corrected chi connectivity index (χ1v) is 6.65.